The first-order chi connectivity index (χ1) is 6.29. The molecule has 1 aromatic heterocycles. The number of H-pyrrole nitrogens is 1. The number of imidazole rings is 1. The van der Waals surface area contributed by atoms with Crippen LogP contribution < -0.4 is 0 Å². The summed E-state index contributed by atoms with van der Waals surface area (Å²) in [4.78, 5) is 7.16. The minimum Gasteiger partial charge on any atom is -0.345 e. The molecule has 2 nitrogen and oxygen atoms in total. The van der Waals surface area contributed by atoms with Crippen LogP contribution in [0, 0.1) is 6.92 Å². The number of nitrogens with zero attached hydrogens (tertiary/aromatic N) is 1. The van der Waals surface area contributed by atoms with Gasteiger partial charge in [-0.1, -0.05) is 25.4 Å². The molecule has 3 heteroatoms. The van der Waals surface area contributed by atoms with E-state index in [4.69, 9.17) is 11.6 Å². The second kappa shape index (κ2) is 4.28. The zero-order valence-corrected chi connectivity index (χ0v) is 8.81. The van der Waals surface area contributed by atoms with E-state index in [1.165, 1.54) is 0 Å². The summed E-state index contributed by atoms with van der Waals surface area (Å²) in [5, 5.41) is 0.768. The van der Waals surface area contributed by atoms with Crippen LogP contribution in [0.25, 0.3) is 11.0 Å². The standard InChI is InChI=1S/C8H7ClN2.C2H6/c1-5-6(9)2-3-7-8(5)11-4-10-7;1-2/h2-4H,1H3,(H,10,11);1-2H3. The molecule has 0 saturated heterocycles. The summed E-state index contributed by atoms with van der Waals surface area (Å²) in [5.41, 5.74) is 3.02. The van der Waals surface area contributed by atoms with Crippen LogP contribution in [0.2, 0.25) is 5.02 Å². The monoisotopic (exact) mass is 196 g/mol. The lowest BCUT2D eigenvalue weighted by atomic mass is 10.2. The molecule has 0 radical (unpaired) electrons. The fourth-order valence-corrected chi connectivity index (χ4v) is 1.28. The molecule has 0 aliphatic carbocycles. The molecule has 0 unspecified atom stereocenters. The molecular formula is C10H13ClN2. The van der Waals surface area contributed by atoms with Gasteiger partial charge in [0.2, 0.25) is 0 Å². The molecule has 0 aliphatic rings. The number of rotatable bonds is 0. The van der Waals surface area contributed by atoms with Crippen LogP contribution in [-0.4, -0.2) is 9.97 Å². The normalized spacial score (nSPS) is 9.54. The van der Waals surface area contributed by atoms with E-state index in [-0.39, 0.29) is 0 Å². The van der Waals surface area contributed by atoms with Crippen LogP contribution >= 0.6 is 11.6 Å². The molecule has 0 spiro atoms. The van der Waals surface area contributed by atoms with Gasteiger partial charge in [0.25, 0.3) is 0 Å². The summed E-state index contributed by atoms with van der Waals surface area (Å²) >= 11 is 5.89. The van der Waals surface area contributed by atoms with Crippen molar-refractivity contribution in [2.24, 2.45) is 0 Å². The quantitative estimate of drug-likeness (QED) is 0.686. The van der Waals surface area contributed by atoms with Gasteiger partial charge in [-0.15, -0.1) is 0 Å². The van der Waals surface area contributed by atoms with Crippen molar-refractivity contribution < 1.29 is 0 Å². The van der Waals surface area contributed by atoms with E-state index in [0.29, 0.717) is 0 Å². The van der Waals surface area contributed by atoms with Crippen LogP contribution in [-0.2, 0) is 0 Å². The number of hydrogen-bond acceptors (Lipinski definition) is 1. The highest BCUT2D eigenvalue weighted by Gasteiger charge is 2.01. The first-order valence-electron chi connectivity index (χ1n) is 4.37. The summed E-state index contributed by atoms with van der Waals surface area (Å²) in [6.45, 7) is 5.96. The van der Waals surface area contributed by atoms with E-state index in [1.807, 2.05) is 32.9 Å². The minimum absolute atomic E-state index is 0.768. The summed E-state index contributed by atoms with van der Waals surface area (Å²) in [7, 11) is 0. The van der Waals surface area contributed by atoms with Gasteiger partial charge in [0.05, 0.1) is 17.4 Å². The van der Waals surface area contributed by atoms with Crippen molar-refractivity contribution in [1.29, 1.82) is 0 Å². The summed E-state index contributed by atoms with van der Waals surface area (Å²) < 4.78 is 0. The van der Waals surface area contributed by atoms with Gasteiger partial charge in [0.1, 0.15) is 0 Å². The van der Waals surface area contributed by atoms with Gasteiger partial charge in [0, 0.05) is 5.02 Å². The molecule has 1 N–H and O–H groups in total. The van der Waals surface area contributed by atoms with Crippen molar-refractivity contribution in [3.05, 3.63) is 29.0 Å². The lowest BCUT2D eigenvalue weighted by Gasteiger charge is -1.96. The second-order valence-corrected chi connectivity index (χ2v) is 2.88. The Kier molecular flexibility index (Phi) is 3.32. The largest absolute Gasteiger partial charge is 0.345 e. The summed E-state index contributed by atoms with van der Waals surface area (Å²) in [6.07, 6.45) is 1.67. The maximum absolute atomic E-state index is 5.89. The number of hydrogen-bond donors (Lipinski definition) is 1. The minimum atomic E-state index is 0.768. The van der Waals surface area contributed by atoms with E-state index < -0.39 is 0 Å². The van der Waals surface area contributed by atoms with Gasteiger partial charge in [-0.2, -0.15) is 0 Å². The molecule has 13 heavy (non-hydrogen) atoms. The van der Waals surface area contributed by atoms with Crippen molar-refractivity contribution in [3.63, 3.8) is 0 Å². The molecule has 0 amide bonds. The van der Waals surface area contributed by atoms with Crippen LogP contribution in [0.5, 0.6) is 0 Å². The molecule has 1 aromatic carbocycles. The van der Waals surface area contributed by atoms with Crippen LogP contribution in [0.15, 0.2) is 18.5 Å². The number of aryl methyl sites for hydroxylation is 1. The number of aromatic nitrogens is 2. The average Bonchev–Trinajstić information content (AvgIpc) is 2.63. The summed E-state index contributed by atoms with van der Waals surface area (Å²) in [5.74, 6) is 0. The Hall–Kier alpha value is -1.02. The van der Waals surface area contributed by atoms with Gasteiger partial charge in [-0.05, 0) is 24.6 Å². The third-order valence-electron chi connectivity index (χ3n) is 1.78. The number of halogens is 1. The van der Waals surface area contributed by atoms with Crippen molar-refractivity contribution in [3.8, 4) is 0 Å². The molecule has 0 atom stereocenters. The maximum Gasteiger partial charge on any atom is 0.0932 e. The number of aromatic amines is 1. The Morgan fingerprint density at radius 1 is 1.31 bits per heavy atom. The van der Waals surface area contributed by atoms with E-state index in [1.54, 1.807) is 6.33 Å². The Bertz CT molecular complexity index is 393. The average molecular weight is 197 g/mol. The third kappa shape index (κ3) is 1.83. The van der Waals surface area contributed by atoms with Gasteiger partial charge in [0.15, 0.2) is 0 Å². The molecule has 70 valence electrons. The van der Waals surface area contributed by atoms with Gasteiger partial charge in [-0.3, -0.25) is 0 Å². The Morgan fingerprint density at radius 3 is 2.69 bits per heavy atom. The fourth-order valence-electron chi connectivity index (χ4n) is 1.12. The molecule has 0 saturated carbocycles. The predicted octanol–water partition coefficient (Wildman–Crippen LogP) is 3.55. The number of fused-ring (bicyclic) bond motifs is 1. The van der Waals surface area contributed by atoms with E-state index in [0.717, 1.165) is 21.6 Å². The Balaban J connectivity index is 0.000000396. The Labute approximate surface area is 82.9 Å². The first-order valence-corrected chi connectivity index (χ1v) is 4.75. The van der Waals surface area contributed by atoms with Crippen LogP contribution in [0.1, 0.15) is 19.4 Å². The number of benzene rings is 1. The highest BCUT2D eigenvalue weighted by Crippen LogP contribution is 2.21. The van der Waals surface area contributed by atoms with Crippen LogP contribution in [0.4, 0.5) is 0 Å². The van der Waals surface area contributed by atoms with E-state index in [9.17, 15) is 0 Å². The highest BCUT2D eigenvalue weighted by molar-refractivity contribution is 6.32. The topological polar surface area (TPSA) is 28.7 Å². The fraction of sp³-hybridized carbons (Fsp3) is 0.300. The Morgan fingerprint density at radius 2 is 2.00 bits per heavy atom. The number of nitrogens with one attached hydrogen (secondary N) is 1. The maximum atomic E-state index is 5.89. The molecule has 2 aromatic rings. The molecule has 2 rings (SSSR count). The summed E-state index contributed by atoms with van der Waals surface area (Å²) in [6, 6.07) is 3.80. The SMILES string of the molecule is CC.Cc1c(Cl)ccc2[nH]cnc12. The van der Waals surface area contributed by atoms with Crippen molar-refractivity contribution >= 4 is 22.6 Å². The predicted molar refractivity (Wildman–Crippen MR) is 57.2 cm³/mol. The van der Waals surface area contributed by atoms with Crippen molar-refractivity contribution in [1.82, 2.24) is 9.97 Å². The first kappa shape index (κ1) is 10.1. The van der Waals surface area contributed by atoms with E-state index in [2.05, 4.69) is 9.97 Å². The smallest absolute Gasteiger partial charge is 0.0932 e. The third-order valence-corrected chi connectivity index (χ3v) is 2.19. The van der Waals surface area contributed by atoms with Crippen molar-refractivity contribution in [2.75, 3.05) is 0 Å². The van der Waals surface area contributed by atoms with E-state index >= 15 is 0 Å². The zero-order chi connectivity index (χ0) is 9.84. The molecule has 1 heterocycles. The van der Waals surface area contributed by atoms with Gasteiger partial charge >= 0.3 is 0 Å². The molecule has 0 fully saturated rings. The lowest BCUT2D eigenvalue weighted by molar-refractivity contribution is 1.34. The van der Waals surface area contributed by atoms with Gasteiger partial charge in [-0.25, -0.2) is 4.98 Å². The van der Waals surface area contributed by atoms with Gasteiger partial charge < -0.3 is 4.98 Å². The highest BCUT2D eigenvalue weighted by atomic mass is 35.5. The van der Waals surface area contributed by atoms with Crippen LogP contribution in [0.3, 0.4) is 0 Å². The second-order valence-electron chi connectivity index (χ2n) is 2.47. The lowest BCUT2D eigenvalue weighted by Crippen LogP contribution is -1.77. The molecule has 0 bridgehead atoms. The molecule has 0 aliphatic heterocycles. The zero-order valence-electron chi connectivity index (χ0n) is 8.06. The molecular weight excluding hydrogens is 184 g/mol. The van der Waals surface area contributed by atoms with Crippen molar-refractivity contribution in [2.45, 2.75) is 20.8 Å².